The fourth-order valence-corrected chi connectivity index (χ4v) is 4.41. The van der Waals surface area contributed by atoms with Gasteiger partial charge in [-0.1, -0.05) is 18.2 Å². The Labute approximate surface area is 170 Å². The van der Waals surface area contributed by atoms with Gasteiger partial charge in [-0.25, -0.2) is 0 Å². The molecule has 5 nitrogen and oxygen atoms in total. The molecule has 1 N–H and O–H groups in total. The Morgan fingerprint density at radius 1 is 1.11 bits per heavy atom. The molecule has 1 atom stereocenters. The first-order valence-electron chi connectivity index (χ1n) is 9.75. The normalized spacial score (nSPS) is 19.3. The second kappa shape index (κ2) is 8.27. The molecule has 0 spiro atoms. The molecule has 2 heterocycles. The van der Waals surface area contributed by atoms with E-state index in [1.54, 1.807) is 16.7 Å². The van der Waals surface area contributed by atoms with Crippen molar-refractivity contribution in [2.24, 2.45) is 5.92 Å². The molecule has 4 rings (SSSR count). The number of hydrogen-bond acceptors (Lipinski definition) is 4. The molecule has 0 radical (unpaired) electrons. The van der Waals surface area contributed by atoms with Crippen LogP contribution in [0.4, 0.5) is 17.1 Å². The predicted octanol–water partition coefficient (Wildman–Crippen LogP) is 4.00. The van der Waals surface area contributed by atoms with E-state index in [0.29, 0.717) is 6.54 Å². The number of rotatable bonds is 5. The van der Waals surface area contributed by atoms with E-state index in [0.717, 1.165) is 35.0 Å². The van der Waals surface area contributed by atoms with Crippen LogP contribution in [0, 0.1) is 5.92 Å². The van der Waals surface area contributed by atoms with Crippen molar-refractivity contribution in [2.75, 3.05) is 41.0 Å². The van der Waals surface area contributed by atoms with Crippen LogP contribution in [0.2, 0.25) is 0 Å². The number of hydrogen-bond donors (Lipinski definition) is 1. The largest absolute Gasteiger partial charge is 0.370 e. The summed E-state index contributed by atoms with van der Waals surface area (Å²) in [5.41, 5.74) is 2.77. The van der Waals surface area contributed by atoms with Gasteiger partial charge in [0.1, 0.15) is 0 Å². The summed E-state index contributed by atoms with van der Waals surface area (Å²) in [6, 6.07) is 15.9. The maximum Gasteiger partial charge on any atom is 0.229 e. The highest BCUT2D eigenvalue weighted by Gasteiger charge is 2.35. The number of nitrogens with zero attached hydrogens (tertiary/aromatic N) is 2. The molecule has 2 aromatic carbocycles. The van der Waals surface area contributed by atoms with Gasteiger partial charge in [-0.3, -0.25) is 9.59 Å². The Morgan fingerprint density at radius 3 is 2.68 bits per heavy atom. The molecule has 0 bridgehead atoms. The summed E-state index contributed by atoms with van der Waals surface area (Å²) in [5.74, 6) is -0.410. The van der Waals surface area contributed by atoms with E-state index < -0.39 is 0 Å². The first-order chi connectivity index (χ1) is 13.7. The Kier molecular flexibility index (Phi) is 5.57. The highest BCUT2D eigenvalue weighted by Crippen LogP contribution is 2.31. The lowest BCUT2D eigenvalue weighted by Gasteiger charge is -2.22. The van der Waals surface area contributed by atoms with Gasteiger partial charge >= 0.3 is 0 Å². The Balaban J connectivity index is 1.47. The molecule has 6 heteroatoms. The minimum Gasteiger partial charge on any atom is -0.370 e. The van der Waals surface area contributed by atoms with Crippen LogP contribution in [-0.4, -0.2) is 37.7 Å². The van der Waals surface area contributed by atoms with Gasteiger partial charge < -0.3 is 15.1 Å². The summed E-state index contributed by atoms with van der Waals surface area (Å²) >= 11 is 1.64. The van der Waals surface area contributed by atoms with E-state index in [4.69, 9.17) is 0 Å². The third kappa shape index (κ3) is 3.87. The van der Waals surface area contributed by atoms with Crippen LogP contribution in [0.1, 0.15) is 19.3 Å². The van der Waals surface area contributed by atoms with Gasteiger partial charge in [-0.15, -0.1) is 11.8 Å². The van der Waals surface area contributed by atoms with Crippen LogP contribution in [0.15, 0.2) is 53.4 Å². The highest BCUT2D eigenvalue weighted by atomic mass is 32.2. The van der Waals surface area contributed by atoms with E-state index >= 15 is 0 Å². The van der Waals surface area contributed by atoms with Crippen molar-refractivity contribution in [2.45, 2.75) is 24.2 Å². The molecule has 0 unspecified atom stereocenters. The van der Waals surface area contributed by atoms with Crippen LogP contribution in [0.5, 0.6) is 0 Å². The molecule has 28 heavy (non-hydrogen) atoms. The SMILES string of the molecule is CSc1cccc(N2C[C@@H](C(=O)Nc3ccccc3N3CCCC3)CC2=O)c1. The molecule has 2 saturated heterocycles. The van der Waals surface area contributed by atoms with Gasteiger partial charge in [-0.05, 0) is 49.4 Å². The number of benzene rings is 2. The first-order valence-corrected chi connectivity index (χ1v) is 11.0. The summed E-state index contributed by atoms with van der Waals surface area (Å²) in [4.78, 5) is 30.6. The first kappa shape index (κ1) is 18.9. The smallest absolute Gasteiger partial charge is 0.229 e. The summed E-state index contributed by atoms with van der Waals surface area (Å²) in [6.07, 6.45) is 4.63. The summed E-state index contributed by atoms with van der Waals surface area (Å²) in [7, 11) is 0. The lowest BCUT2D eigenvalue weighted by Crippen LogP contribution is -2.29. The lowest BCUT2D eigenvalue weighted by molar-refractivity contribution is -0.122. The minimum absolute atomic E-state index is 0.00577. The van der Waals surface area contributed by atoms with Crippen molar-refractivity contribution >= 4 is 40.6 Å². The zero-order valence-corrected chi connectivity index (χ0v) is 16.9. The van der Waals surface area contributed by atoms with Crippen LogP contribution < -0.4 is 15.1 Å². The summed E-state index contributed by atoms with van der Waals surface area (Å²) in [5, 5.41) is 3.08. The van der Waals surface area contributed by atoms with Crippen LogP contribution in [-0.2, 0) is 9.59 Å². The van der Waals surface area contributed by atoms with Crippen molar-refractivity contribution < 1.29 is 9.59 Å². The van der Waals surface area contributed by atoms with Crippen LogP contribution in [0.3, 0.4) is 0 Å². The molecule has 0 aromatic heterocycles. The fourth-order valence-electron chi connectivity index (χ4n) is 3.96. The van der Waals surface area contributed by atoms with Gasteiger partial charge in [0.05, 0.1) is 17.3 Å². The van der Waals surface area contributed by atoms with E-state index in [2.05, 4.69) is 16.3 Å². The molecular weight excluding hydrogens is 370 g/mol. The van der Waals surface area contributed by atoms with E-state index in [-0.39, 0.29) is 24.2 Å². The number of para-hydroxylation sites is 2. The highest BCUT2D eigenvalue weighted by molar-refractivity contribution is 7.98. The van der Waals surface area contributed by atoms with Gasteiger partial charge in [0, 0.05) is 36.6 Å². The molecule has 2 fully saturated rings. The van der Waals surface area contributed by atoms with Gasteiger partial charge in [0.2, 0.25) is 11.8 Å². The second-order valence-corrected chi connectivity index (χ2v) is 8.19. The second-order valence-electron chi connectivity index (χ2n) is 7.31. The number of carbonyl (C=O) groups is 2. The summed E-state index contributed by atoms with van der Waals surface area (Å²) < 4.78 is 0. The standard InChI is InChI=1S/C22H25N3O2S/c1-28-18-8-6-7-17(14-18)25-15-16(13-21(25)26)22(27)23-19-9-2-3-10-20(19)24-11-4-5-12-24/h2-3,6-10,14,16H,4-5,11-13,15H2,1H3,(H,23,27)/t16-/m0/s1. The van der Waals surface area contributed by atoms with Gasteiger partial charge in [0.25, 0.3) is 0 Å². The molecule has 0 aliphatic carbocycles. The molecule has 2 aliphatic heterocycles. The molecular formula is C22H25N3O2S. The number of anilines is 3. The average molecular weight is 396 g/mol. The quantitative estimate of drug-likeness (QED) is 0.778. The summed E-state index contributed by atoms with van der Waals surface area (Å²) in [6.45, 7) is 2.47. The van der Waals surface area contributed by atoms with Gasteiger partial charge in [0.15, 0.2) is 0 Å². The van der Waals surface area contributed by atoms with Crippen molar-refractivity contribution in [3.63, 3.8) is 0 Å². The van der Waals surface area contributed by atoms with Crippen molar-refractivity contribution in [3.8, 4) is 0 Å². The minimum atomic E-state index is -0.336. The third-order valence-corrected chi connectivity index (χ3v) is 6.19. The monoisotopic (exact) mass is 395 g/mol. The van der Waals surface area contributed by atoms with Crippen LogP contribution >= 0.6 is 11.8 Å². The van der Waals surface area contributed by atoms with Crippen molar-refractivity contribution in [3.05, 3.63) is 48.5 Å². The predicted molar refractivity (Wildman–Crippen MR) is 115 cm³/mol. The molecule has 2 aromatic rings. The van der Waals surface area contributed by atoms with E-state index in [9.17, 15) is 9.59 Å². The zero-order valence-electron chi connectivity index (χ0n) is 16.1. The Hall–Kier alpha value is -2.47. The van der Waals surface area contributed by atoms with Gasteiger partial charge in [-0.2, -0.15) is 0 Å². The van der Waals surface area contributed by atoms with Crippen molar-refractivity contribution in [1.82, 2.24) is 0 Å². The molecule has 2 amide bonds. The molecule has 0 saturated carbocycles. The fraction of sp³-hybridized carbons (Fsp3) is 0.364. The number of carbonyl (C=O) groups excluding carboxylic acids is 2. The topological polar surface area (TPSA) is 52.7 Å². The molecule has 146 valence electrons. The number of amides is 2. The Morgan fingerprint density at radius 2 is 1.89 bits per heavy atom. The van der Waals surface area contributed by atoms with Crippen molar-refractivity contribution in [1.29, 1.82) is 0 Å². The number of nitrogens with one attached hydrogen (secondary N) is 1. The maximum atomic E-state index is 12.9. The lowest BCUT2D eigenvalue weighted by atomic mass is 10.1. The average Bonchev–Trinajstić information content (AvgIpc) is 3.38. The third-order valence-electron chi connectivity index (χ3n) is 5.47. The zero-order chi connectivity index (χ0) is 19.5. The molecule has 2 aliphatic rings. The van der Waals surface area contributed by atoms with E-state index in [1.165, 1.54) is 12.8 Å². The Bertz CT molecular complexity index is 880. The van der Waals surface area contributed by atoms with Crippen LogP contribution in [0.25, 0.3) is 0 Å². The van der Waals surface area contributed by atoms with E-state index in [1.807, 2.05) is 48.7 Å². The number of thioether (sulfide) groups is 1. The maximum absolute atomic E-state index is 12.9.